The summed E-state index contributed by atoms with van der Waals surface area (Å²) in [6.45, 7) is 1.27. The Kier molecular flexibility index (Phi) is 4.60. The maximum atomic E-state index is 11.7. The predicted octanol–water partition coefficient (Wildman–Crippen LogP) is -1.89. The second-order valence-corrected chi connectivity index (χ2v) is 6.90. The number of rotatable bonds is 5. The summed E-state index contributed by atoms with van der Waals surface area (Å²) >= 11 is 0. The molecule has 0 aromatic heterocycles. The van der Waals surface area contributed by atoms with Gasteiger partial charge in [-0.15, -0.1) is 0 Å². The molecule has 9 heteroatoms. The molecule has 1 unspecified atom stereocenters. The van der Waals surface area contributed by atoms with Crippen LogP contribution in [-0.2, 0) is 21.1 Å². The smallest absolute Gasteiger partial charge is 0.480 e. The molecular weight excluding hydrogens is 285 g/mol. The summed E-state index contributed by atoms with van der Waals surface area (Å²) in [5.41, 5.74) is 4.20. The molecule has 20 heavy (non-hydrogen) atoms. The molecule has 7 nitrogen and oxygen atoms in total. The van der Waals surface area contributed by atoms with Gasteiger partial charge in [-0.3, -0.25) is 4.79 Å². The summed E-state index contributed by atoms with van der Waals surface area (Å²) in [5, 5.41) is 27.1. The SMILES string of the molecule is CC(N)(Cc1ccc(B(O)O)cc1S(C)(=O)=O)C(=O)O. The number of hydrogen-bond donors (Lipinski definition) is 4. The third-order valence-electron chi connectivity index (χ3n) is 2.84. The maximum absolute atomic E-state index is 11.7. The fourth-order valence-corrected chi connectivity index (χ4v) is 2.66. The molecule has 110 valence electrons. The molecule has 1 atom stereocenters. The molecule has 0 saturated carbocycles. The van der Waals surface area contributed by atoms with Crippen LogP contribution in [0.1, 0.15) is 12.5 Å². The zero-order valence-electron chi connectivity index (χ0n) is 11.1. The van der Waals surface area contributed by atoms with Crippen molar-refractivity contribution >= 4 is 28.4 Å². The largest absolute Gasteiger partial charge is 0.488 e. The van der Waals surface area contributed by atoms with E-state index in [0.29, 0.717) is 0 Å². The van der Waals surface area contributed by atoms with Crippen LogP contribution in [0.25, 0.3) is 0 Å². The Labute approximate surface area is 117 Å². The quantitative estimate of drug-likeness (QED) is 0.467. The molecule has 1 rings (SSSR count). The molecule has 1 aromatic carbocycles. The van der Waals surface area contributed by atoms with Gasteiger partial charge in [-0.1, -0.05) is 12.1 Å². The average Bonchev–Trinajstić information content (AvgIpc) is 2.26. The number of carboxylic acid groups (broad SMARTS) is 1. The molecule has 5 N–H and O–H groups in total. The van der Waals surface area contributed by atoms with E-state index in [1.807, 2.05) is 0 Å². The minimum atomic E-state index is -3.66. The van der Waals surface area contributed by atoms with Gasteiger partial charge in [0.05, 0.1) is 4.90 Å². The van der Waals surface area contributed by atoms with Crippen LogP contribution in [0.3, 0.4) is 0 Å². The Morgan fingerprint density at radius 3 is 2.35 bits per heavy atom. The summed E-state index contributed by atoms with van der Waals surface area (Å²) in [5.74, 6) is -1.26. The number of nitrogens with two attached hydrogens (primary N) is 1. The van der Waals surface area contributed by atoms with Crippen molar-refractivity contribution in [2.24, 2.45) is 5.73 Å². The van der Waals surface area contributed by atoms with Crippen LogP contribution < -0.4 is 11.2 Å². The van der Waals surface area contributed by atoms with Crippen LogP contribution in [0.2, 0.25) is 0 Å². The molecule has 0 heterocycles. The van der Waals surface area contributed by atoms with Crippen molar-refractivity contribution in [3.63, 3.8) is 0 Å². The molecule has 1 aromatic rings. The summed E-state index contributed by atoms with van der Waals surface area (Å²) in [7, 11) is -5.47. The topological polar surface area (TPSA) is 138 Å². The van der Waals surface area contributed by atoms with Gasteiger partial charge in [-0.05, 0) is 24.0 Å². The van der Waals surface area contributed by atoms with E-state index < -0.39 is 28.5 Å². The molecule has 0 aliphatic carbocycles. The first kappa shape index (κ1) is 16.6. The highest BCUT2D eigenvalue weighted by molar-refractivity contribution is 7.90. The number of carboxylic acids is 1. The van der Waals surface area contributed by atoms with E-state index >= 15 is 0 Å². The Balaban J connectivity index is 3.38. The zero-order chi connectivity index (χ0) is 15.7. The van der Waals surface area contributed by atoms with Crippen LogP contribution >= 0.6 is 0 Å². The lowest BCUT2D eigenvalue weighted by Gasteiger charge is -2.21. The van der Waals surface area contributed by atoms with Gasteiger partial charge in [0.15, 0.2) is 9.84 Å². The fraction of sp³-hybridized carbons (Fsp3) is 0.364. The van der Waals surface area contributed by atoms with E-state index in [-0.39, 0.29) is 22.3 Å². The number of hydrogen-bond acceptors (Lipinski definition) is 6. The molecule has 0 amide bonds. The molecule has 0 bridgehead atoms. The van der Waals surface area contributed by atoms with Gasteiger partial charge in [-0.25, -0.2) is 8.42 Å². The van der Waals surface area contributed by atoms with Crippen molar-refractivity contribution in [1.82, 2.24) is 0 Å². The average molecular weight is 301 g/mol. The van der Waals surface area contributed by atoms with Gasteiger partial charge < -0.3 is 20.9 Å². The molecule has 0 fully saturated rings. The Morgan fingerprint density at radius 1 is 1.40 bits per heavy atom. The Hall–Kier alpha value is -1.42. The molecule has 0 aliphatic rings. The lowest BCUT2D eigenvalue weighted by atomic mass is 9.79. The first-order valence-electron chi connectivity index (χ1n) is 5.66. The number of sulfone groups is 1. The van der Waals surface area contributed by atoms with Crippen LogP contribution in [0, 0.1) is 0 Å². The van der Waals surface area contributed by atoms with Gasteiger partial charge >= 0.3 is 13.1 Å². The van der Waals surface area contributed by atoms with Crippen LogP contribution in [0.15, 0.2) is 23.1 Å². The minimum Gasteiger partial charge on any atom is -0.480 e. The number of carbonyl (C=O) groups is 1. The highest BCUT2D eigenvalue weighted by atomic mass is 32.2. The van der Waals surface area contributed by atoms with Gasteiger partial charge in [0, 0.05) is 12.7 Å². The first-order chi connectivity index (χ1) is 8.95. The highest BCUT2D eigenvalue weighted by Crippen LogP contribution is 2.19. The fourth-order valence-electron chi connectivity index (χ4n) is 1.69. The van der Waals surface area contributed by atoms with E-state index in [1.165, 1.54) is 19.1 Å². The molecular formula is C11H16BNO6S. The zero-order valence-corrected chi connectivity index (χ0v) is 11.9. The summed E-state index contributed by atoms with van der Waals surface area (Å²) < 4.78 is 23.5. The van der Waals surface area contributed by atoms with Crippen LogP contribution in [0.4, 0.5) is 0 Å². The third kappa shape index (κ3) is 3.79. The molecule has 0 aliphatic heterocycles. The molecule has 0 spiro atoms. The van der Waals surface area contributed by atoms with Gasteiger partial charge in [0.1, 0.15) is 5.54 Å². The minimum absolute atomic E-state index is 0.00299. The molecule has 0 radical (unpaired) electrons. The predicted molar refractivity (Wildman–Crippen MR) is 73.3 cm³/mol. The lowest BCUT2D eigenvalue weighted by Crippen LogP contribution is -2.47. The normalized spacial score (nSPS) is 14.7. The monoisotopic (exact) mass is 301 g/mol. The molecule has 0 saturated heterocycles. The number of aliphatic carboxylic acids is 1. The van der Waals surface area contributed by atoms with Crippen molar-refractivity contribution in [1.29, 1.82) is 0 Å². The van der Waals surface area contributed by atoms with Gasteiger partial charge in [-0.2, -0.15) is 0 Å². The van der Waals surface area contributed by atoms with Crippen molar-refractivity contribution in [3.8, 4) is 0 Å². The van der Waals surface area contributed by atoms with Crippen molar-refractivity contribution in [2.45, 2.75) is 23.8 Å². The van der Waals surface area contributed by atoms with E-state index in [2.05, 4.69) is 0 Å². The number of benzene rings is 1. The van der Waals surface area contributed by atoms with Crippen molar-refractivity contribution < 1.29 is 28.4 Å². The van der Waals surface area contributed by atoms with E-state index in [1.54, 1.807) is 0 Å². The van der Waals surface area contributed by atoms with E-state index in [0.717, 1.165) is 12.3 Å². The first-order valence-corrected chi connectivity index (χ1v) is 7.55. The van der Waals surface area contributed by atoms with E-state index in [4.69, 9.17) is 20.9 Å². The van der Waals surface area contributed by atoms with E-state index in [9.17, 15) is 13.2 Å². The highest BCUT2D eigenvalue weighted by Gasteiger charge is 2.30. The third-order valence-corrected chi connectivity index (χ3v) is 4.01. The Bertz CT molecular complexity index is 626. The second kappa shape index (κ2) is 5.53. The second-order valence-electron chi connectivity index (χ2n) is 4.91. The van der Waals surface area contributed by atoms with Crippen LogP contribution in [0.5, 0.6) is 0 Å². The van der Waals surface area contributed by atoms with Gasteiger partial charge in [0.25, 0.3) is 0 Å². The lowest BCUT2D eigenvalue weighted by molar-refractivity contribution is -0.142. The standard InChI is InChI=1S/C11H16BNO6S/c1-11(13,10(14)15)6-7-3-4-8(12(16)17)5-9(7)20(2,18)19/h3-5,16-17H,6,13H2,1-2H3,(H,14,15). The van der Waals surface area contributed by atoms with Crippen LogP contribution in [-0.4, -0.2) is 48.5 Å². The van der Waals surface area contributed by atoms with Crippen molar-refractivity contribution in [3.05, 3.63) is 23.8 Å². The van der Waals surface area contributed by atoms with Gasteiger partial charge in [0.2, 0.25) is 0 Å². The maximum Gasteiger partial charge on any atom is 0.488 e. The summed E-state index contributed by atoms with van der Waals surface area (Å²) in [6, 6.07) is 3.75. The van der Waals surface area contributed by atoms with Crippen molar-refractivity contribution in [2.75, 3.05) is 6.26 Å². The summed E-state index contributed by atoms with van der Waals surface area (Å²) in [4.78, 5) is 10.8. The summed E-state index contributed by atoms with van der Waals surface area (Å²) in [6.07, 6.45) is 0.751. The Morgan fingerprint density at radius 2 is 1.95 bits per heavy atom.